The van der Waals surface area contributed by atoms with Crippen LogP contribution < -0.4 is 24.4 Å². The van der Waals surface area contributed by atoms with Crippen molar-refractivity contribution in [3.8, 4) is 23.0 Å². The lowest BCUT2D eigenvalue weighted by molar-refractivity contribution is 0.0952. The quantitative estimate of drug-likeness (QED) is 0.572. The van der Waals surface area contributed by atoms with E-state index in [9.17, 15) is 4.79 Å². The molecule has 0 saturated heterocycles. The predicted molar refractivity (Wildman–Crippen MR) is 99.5 cm³/mol. The summed E-state index contributed by atoms with van der Waals surface area (Å²) in [6, 6.07) is 8.65. The van der Waals surface area contributed by atoms with Crippen LogP contribution in [0.5, 0.6) is 23.0 Å². The minimum Gasteiger partial charge on any atom is -0.496 e. The molecule has 1 aliphatic rings. The second-order valence-electron chi connectivity index (χ2n) is 5.22. The fourth-order valence-corrected chi connectivity index (χ4v) is 2.76. The van der Waals surface area contributed by atoms with Crippen LogP contribution in [-0.2, 0) is 0 Å². The number of benzene rings is 2. The molecule has 0 saturated carbocycles. The van der Waals surface area contributed by atoms with Crippen LogP contribution in [0.15, 0.2) is 39.9 Å². The lowest BCUT2D eigenvalue weighted by Gasteiger charge is -2.09. The van der Waals surface area contributed by atoms with Gasteiger partial charge in [0, 0.05) is 16.1 Å². The maximum Gasteiger partial charge on any atom is 0.275 e. The van der Waals surface area contributed by atoms with Crippen molar-refractivity contribution in [1.29, 1.82) is 0 Å². The van der Waals surface area contributed by atoms with Crippen LogP contribution >= 0.6 is 15.9 Å². The van der Waals surface area contributed by atoms with Crippen molar-refractivity contribution < 1.29 is 23.7 Å². The van der Waals surface area contributed by atoms with Crippen molar-refractivity contribution in [1.82, 2.24) is 5.43 Å². The van der Waals surface area contributed by atoms with Crippen LogP contribution in [0.4, 0.5) is 0 Å². The molecule has 0 fully saturated rings. The standard InChI is InChI=1S/C18H17BrN2O5/c1-3-24-15-8-17-16(25-10-26-17)6-11(15)9-20-21-18(22)13-7-12(19)4-5-14(13)23-2/h4-9H,3,10H2,1-2H3,(H,21,22)/b20-9+. The Kier molecular flexibility index (Phi) is 5.62. The summed E-state index contributed by atoms with van der Waals surface area (Å²) < 4.78 is 22.3. The summed E-state index contributed by atoms with van der Waals surface area (Å²) in [6.07, 6.45) is 1.50. The highest BCUT2D eigenvalue weighted by atomic mass is 79.9. The molecule has 136 valence electrons. The monoisotopic (exact) mass is 420 g/mol. The van der Waals surface area contributed by atoms with Crippen LogP contribution in [0.3, 0.4) is 0 Å². The van der Waals surface area contributed by atoms with Gasteiger partial charge in [-0.3, -0.25) is 4.79 Å². The molecular formula is C18H17BrN2O5. The molecule has 0 radical (unpaired) electrons. The molecule has 8 heteroatoms. The van der Waals surface area contributed by atoms with Crippen LogP contribution in [0.2, 0.25) is 0 Å². The highest BCUT2D eigenvalue weighted by molar-refractivity contribution is 9.10. The Morgan fingerprint density at radius 2 is 2.04 bits per heavy atom. The molecule has 2 aromatic carbocycles. The zero-order valence-corrected chi connectivity index (χ0v) is 15.8. The van der Waals surface area contributed by atoms with Gasteiger partial charge in [-0.05, 0) is 31.2 Å². The van der Waals surface area contributed by atoms with Gasteiger partial charge < -0.3 is 18.9 Å². The second-order valence-corrected chi connectivity index (χ2v) is 6.14. The summed E-state index contributed by atoms with van der Waals surface area (Å²) in [4.78, 5) is 12.4. The SMILES string of the molecule is CCOc1cc2c(cc1/C=N/NC(=O)c1cc(Br)ccc1OC)OCO2. The Hall–Kier alpha value is -2.74. The number of hydrogen-bond donors (Lipinski definition) is 1. The summed E-state index contributed by atoms with van der Waals surface area (Å²) in [5, 5.41) is 4.02. The molecule has 0 bridgehead atoms. The van der Waals surface area contributed by atoms with Crippen LogP contribution in [0, 0.1) is 0 Å². The Morgan fingerprint density at radius 1 is 1.27 bits per heavy atom. The zero-order valence-electron chi connectivity index (χ0n) is 14.2. The minimum absolute atomic E-state index is 0.168. The van der Waals surface area contributed by atoms with Gasteiger partial charge >= 0.3 is 0 Å². The predicted octanol–water partition coefficient (Wildman–Crippen LogP) is 3.35. The molecule has 0 aromatic heterocycles. The van der Waals surface area contributed by atoms with Crippen molar-refractivity contribution in [2.45, 2.75) is 6.92 Å². The molecule has 0 unspecified atom stereocenters. The summed E-state index contributed by atoms with van der Waals surface area (Å²) in [6.45, 7) is 2.54. The Morgan fingerprint density at radius 3 is 2.77 bits per heavy atom. The van der Waals surface area contributed by atoms with Crippen LogP contribution in [0.1, 0.15) is 22.8 Å². The number of carbonyl (C=O) groups excluding carboxylic acids is 1. The number of fused-ring (bicyclic) bond motifs is 1. The number of hydrogen-bond acceptors (Lipinski definition) is 6. The van der Waals surface area contributed by atoms with Gasteiger partial charge in [0.05, 0.1) is 25.5 Å². The number of methoxy groups -OCH3 is 1. The van der Waals surface area contributed by atoms with Gasteiger partial charge in [0.1, 0.15) is 11.5 Å². The maximum absolute atomic E-state index is 12.4. The van der Waals surface area contributed by atoms with E-state index in [1.807, 2.05) is 6.92 Å². The van der Waals surface area contributed by atoms with E-state index in [0.717, 1.165) is 4.47 Å². The molecule has 1 aliphatic heterocycles. The second kappa shape index (κ2) is 8.09. The molecule has 0 aliphatic carbocycles. The summed E-state index contributed by atoms with van der Waals surface area (Å²) in [7, 11) is 1.50. The normalized spacial score (nSPS) is 12.3. The smallest absolute Gasteiger partial charge is 0.275 e. The first-order chi connectivity index (χ1) is 12.6. The van der Waals surface area contributed by atoms with E-state index in [0.29, 0.717) is 40.7 Å². The van der Waals surface area contributed by atoms with Crippen molar-refractivity contribution in [3.63, 3.8) is 0 Å². The first kappa shape index (κ1) is 18.1. The fourth-order valence-electron chi connectivity index (χ4n) is 2.40. The van der Waals surface area contributed by atoms with E-state index in [-0.39, 0.29) is 6.79 Å². The van der Waals surface area contributed by atoms with Crippen molar-refractivity contribution >= 4 is 28.1 Å². The number of amides is 1. The average molecular weight is 421 g/mol. The summed E-state index contributed by atoms with van der Waals surface area (Å²) >= 11 is 3.34. The van der Waals surface area contributed by atoms with Crippen molar-refractivity contribution in [2.24, 2.45) is 5.10 Å². The van der Waals surface area contributed by atoms with E-state index in [1.165, 1.54) is 13.3 Å². The molecule has 0 atom stereocenters. The Labute approximate surface area is 159 Å². The van der Waals surface area contributed by atoms with Gasteiger partial charge in [-0.2, -0.15) is 5.10 Å². The Balaban J connectivity index is 1.78. The molecule has 26 heavy (non-hydrogen) atoms. The topological polar surface area (TPSA) is 78.4 Å². The number of nitrogens with one attached hydrogen (secondary N) is 1. The van der Waals surface area contributed by atoms with Gasteiger partial charge in [-0.25, -0.2) is 5.43 Å². The number of ether oxygens (including phenoxy) is 4. The number of halogens is 1. The van der Waals surface area contributed by atoms with Gasteiger partial charge in [0.25, 0.3) is 5.91 Å². The number of rotatable bonds is 6. The molecule has 1 N–H and O–H groups in total. The third-order valence-electron chi connectivity index (χ3n) is 3.58. The van der Waals surface area contributed by atoms with Gasteiger partial charge in [-0.1, -0.05) is 15.9 Å². The van der Waals surface area contributed by atoms with Crippen molar-refractivity contribution in [3.05, 3.63) is 45.9 Å². The van der Waals surface area contributed by atoms with Gasteiger partial charge in [-0.15, -0.1) is 0 Å². The highest BCUT2D eigenvalue weighted by Crippen LogP contribution is 2.37. The van der Waals surface area contributed by atoms with E-state index >= 15 is 0 Å². The lowest BCUT2D eigenvalue weighted by atomic mass is 10.2. The largest absolute Gasteiger partial charge is 0.496 e. The van der Waals surface area contributed by atoms with Crippen LogP contribution in [-0.4, -0.2) is 32.6 Å². The molecule has 1 amide bonds. The molecule has 0 spiro atoms. The molecular weight excluding hydrogens is 404 g/mol. The fraction of sp³-hybridized carbons (Fsp3) is 0.222. The number of hydrazone groups is 1. The minimum atomic E-state index is -0.391. The van der Waals surface area contributed by atoms with Crippen LogP contribution in [0.25, 0.3) is 0 Å². The average Bonchev–Trinajstić information content (AvgIpc) is 3.09. The molecule has 3 rings (SSSR count). The first-order valence-corrected chi connectivity index (χ1v) is 8.65. The molecule has 2 aromatic rings. The maximum atomic E-state index is 12.4. The number of carbonyl (C=O) groups is 1. The van der Waals surface area contributed by atoms with E-state index in [2.05, 4.69) is 26.5 Å². The lowest BCUT2D eigenvalue weighted by Crippen LogP contribution is -2.18. The van der Waals surface area contributed by atoms with E-state index < -0.39 is 5.91 Å². The summed E-state index contributed by atoms with van der Waals surface area (Å²) in [5.41, 5.74) is 3.52. The molecule has 1 heterocycles. The molecule has 7 nitrogen and oxygen atoms in total. The van der Waals surface area contributed by atoms with Gasteiger partial charge in [0.2, 0.25) is 6.79 Å². The third kappa shape index (κ3) is 3.91. The Bertz CT molecular complexity index is 854. The van der Waals surface area contributed by atoms with E-state index in [4.69, 9.17) is 18.9 Å². The number of nitrogens with zero attached hydrogens (tertiary/aromatic N) is 1. The third-order valence-corrected chi connectivity index (χ3v) is 4.07. The zero-order chi connectivity index (χ0) is 18.5. The van der Waals surface area contributed by atoms with Gasteiger partial charge in [0.15, 0.2) is 11.5 Å². The highest BCUT2D eigenvalue weighted by Gasteiger charge is 2.17. The summed E-state index contributed by atoms with van der Waals surface area (Å²) in [5.74, 6) is 1.88. The van der Waals surface area contributed by atoms with E-state index in [1.54, 1.807) is 30.3 Å². The first-order valence-electron chi connectivity index (χ1n) is 7.85. The van der Waals surface area contributed by atoms with Crippen molar-refractivity contribution in [2.75, 3.05) is 20.5 Å².